The summed E-state index contributed by atoms with van der Waals surface area (Å²) in [6, 6.07) is 61.9. The van der Waals surface area contributed by atoms with Gasteiger partial charge in [-0.2, -0.15) is 0 Å². The van der Waals surface area contributed by atoms with Crippen molar-refractivity contribution in [2.24, 2.45) is 0 Å². The molecule has 0 fully saturated rings. The number of rotatable bonds is 5. The minimum Gasteiger partial charge on any atom is -0.435 e. The molecule has 230 valence electrons. The number of oxazole rings is 1. The number of hydrogen-bond donors (Lipinski definition) is 0. The van der Waals surface area contributed by atoms with Gasteiger partial charge in [0.05, 0.1) is 16.7 Å². The highest BCUT2D eigenvalue weighted by molar-refractivity contribution is 6.23. The van der Waals surface area contributed by atoms with Gasteiger partial charge in [-0.25, -0.2) is 4.98 Å². The molecule has 0 aliphatic carbocycles. The van der Waals surface area contributed by atoms with Crippen molar-refractivity contribution in [2.75, 3.05) is 4.90 Å². The van der Waals surface area contributed by atoms with Gasteiger partial charge in [0, 0.05) is 44.2 Å². The van der Waals surface area contributed by atoms with E-state index in [9.17, 15) is 0 Å². The molecule has 0 atom stereocenters. The van der Waals surface area contributed by atoms with Crippen LogP contribution in [0.3, 0.4) is 0 Å². The lowest BCUT2D eigenvalue weighted by molar-refractivity contribution is 0.623. The third-order valence-corrected chi connectivity index (χ3v) is 9.59. The van der Waals surface area contributed by atoms with Crippen LogP contribution in [0.15, 0.2) is 180 Å². The fourth-order valence-corrected chi connectivity index (χ4v) is 7.43. The fraction of sp³-hybridized carbons (Fsp3) is 0. The Kier molecular flexibility index (Phi) is 6.15. The zero-order valence-corrected chi connectivity index (χ0v) is 26.5. The summed E-state index contributed by atoms with van der Waals surface area (Å²) in [7, 11) is 0. The van der Waals surface area contributed by atoms with E-state index >= 15 is 0 Å². The van der Waals surface area contributed by atoms with Crippen LogP contribution in [-0.4, -0.2) is 9.55 Å². The highest BCUT2D eigenvalue weighted by Crippen LogP contribution is 2.44. The van der Waals surface area contributed by atoms with E-state index in [2.05, 4.69) is 185 Å². The summed E-state index contributed by atoms with van der Waals surface area (Å²) < 4.78 is 8.96. The first-order chi connectivity index (χ1) is 24.3. The van der Waals surface area contributed by atoms with Crippen LogP contribution in [0.1, 0.15) is 0 Å². The molecule has 0 saturated carbocycles. The van der Waals surface area contributed by atoms with E-state index < -0.39 is 0 Å². The zero-order valence-electron chi connectivity index (χ0n) is 26.5. The van der Waals surface area contributed by atoms with Gasteiger partial charge in [-0.15, -0.1) is 0 Å². The van der Waals surface area contributed by atoms with Gasteiger partial charge in [0.1, 0.15) is 5.52 Å². The standard InChI is InChI=1S/C45H29N3O/c1-3-14-31(15-4-1)47(41-25-13-23-38-36-20-11-12-24-40(36)48(43(38)41)32-16-5-2-6-17-32)33-28-26-30(27-29-33)45-46-42-37-21-9-7-18-34(37)35-19-8-10-22-39(35)44(42)49-45/h1-29H. The van der Waals surface area contributed by atoms with E-state index in [0.717, 1.165) is 55.7 Å². The molecular formula is C45H29N3O. The quantitative estimate of drug-likeness (QED) is 0.178. The Hall–Kier alpha value is -6.65. The van der Waals surface area contributed by atoms with Crippen LogP contribution in [0.4, 0.5) is 17.1 Å². The average Bonchev–Trinajstić information content (AvgIpc) is 3.78. The maximum absolute atomic E-state index is 6.57. The van der Waals surface area contributed by atoms with Gasteiger partial charge in [0.2, 0.25) is 5.89 Å². The first-order valence-electron chi connectivity index (χ1n) is 16.6. The number of para-hydroxylation sites is 4. The maximum Gasteiger partial charge on any atom is 0.227 e. The van der Waals surface area contributed by atoms with Crippen LogP contribution in [0, 0.1) is 0 Å². The van der Waals surface area contributed by atoms with E-state index in [1.807, 2.05) is 0 Å². The van der Waals surface area contributed by atoms with Crippen molar-refractivity contribution in [3.8, 4) is 17.1 Å². The van der Waals surface area contributed by atoms with Crippen LogP contribution in [0.5, 0.6) is 0 Å². The molecular weight excluding hydrogens is 599 g/mol. The van der Waals surface area contributed by atoms with Gasteiger partial charge < -0.3 is 13.9 Å². The minimum atomic E-state index is 0.612. The normalized spacial score (nSPS) is 11.7. The van der Waals surface area contributed by atoms with E-state index in [0.29, 0.717) is 5.89 Å². The highest BCUT2D eigenvalue weighted by atomic mass is 16.3. The van der Waals surface area contributed by atoms with Crippen LogP contribution >= 0.6 is 0 Å². The topological polar surface area (TPSA) is 34.2 Å². The van der Waals surface area contributed by atoms with Gasteiger partial charge >= 0.3 is 0 Å². The third-order valence-electron chi connectivity index (χ3n) is 9.59. The average molecular weight is 628 g/mol. The molecule has 4 heteroatoms. The molecule has 0 N–H and O–H groups in total. The van der Waals surface area contributed by atoms with Gasteiger partial charge in [0.25, 0.3) is 0 Å². The van der Waals surface area contributed by atoms with Gasteiger partial charge in [-0.1, -0.05) is 115 Å². The van der Waals surface area contributed by atoms with Crippen molar-refractivity contribution >= 4 is 71.5 Å². The van der Waals surface area contributed by atoms with E-state index in [1.165, 1.54) is 27.1 Å². The van der Waals surface area contributed by atoms with Crippen molar-refractivity contribution in [2.45, 2.75) is 0 Å². The molecule has 8 aromatic carbocycles. The molecule has 0 radical (unpaired) electrons. The Labute approximate surface area is 282 Å². The molecule has 0 unspecified atom stereocenters. The summed E-state index contributed by atoms with van der Waals surface area (Å²) in [6.45, 7) is 0. The number of fused-ring (bicyclic) bond motifs is 9. The van der Waals surface area contributed by atoms with Crippen molar-refractivity contribution in [3.05, 3.63) is 176 Å². The summed E-state index contributed by atoms with van der Waals surface area (Å²) in [5, 5.41) is 6.96. The molecule has 0 bridgehead atoms. The molecule has 2 aromatic heterocycles. The van der Waals surface area contributed by atoms with Gasteiger partial charge in [-0.05, 0) is 71.4 Å². The Morgan fingerprint density at radius 2 is 1.02 bits per heavy atom. The second-order valence-corrected chi connectivity index (χ2v) is 12.4. The lowest BCUT2D eigenvalue weighted by atomic mass is 10.0. The predicted octanol–water partition coefficient (Wildman–Crippen LogP) is 12.4. The highest BCUT2D eigenvalue weighted by Gasteiger charge is 2.22. The van der Waals surface area contributed by atoms with Crippen LogP contribution in [-0.2, 0) is 0 Å². The van der Waals surface area contributed by atoms with E-state index in [1.54, 1.807) is 0 Å². The molecule has 2 heterocycles. The lowest BCUT2D eigenvalue weighted by Gasteiger charge is -2.27. The first kappa shape index (κ1) is 27.5. The van der Waals surface area contributed by atoms with Crippen molar-refractivity contribution < 1.29 is 4.42 Å². The zero-order chi connectivity index (χ0) is 32.3. The molecule has 49 heavy (non-hydrogen) atoms. The van der Waals surface area contributed by atoms with E-state index in [-0.39, 0.29) is 0 Å². The summed E-state index contributed by atoms with van der Waals surface area (Å²) >= 11 is 0. The molecule has 0 spiro atoms. The van der Waals surface area contributed by atoms with Crippen molar-refractivity contribution in [3.63, 3.8) is 0 Å². The van der Waals surface area contributed by atoms with Crippen LogP contribution in [0.25, 0.3) is 71.6 Å². The molecule has 0 amide bonds. The molecule has 0 saturated heterocycles. The summed E-state index contributed by atoms with van der Waals surface area (Å²) in [6.07, 6.45) is 0. The minimum absolute atomic E-state index is 0.612. The number of benzene rings is 8. The number of anilines is 3. The number of nitrogens with zero attached hydrogens (tertiary/aromatic N) is 3. The van der Waals surface area contributed by atoms with Gasteiger partial charge in [-0.3, -0.25) is 0 Å². The Bertz CT molecular complexity index is 2740. The Morgan fingerprint density at radius 1 is 0.449 bits per heavy atom. The number of hydrogen-bond acceptors (Lipinski definition) is 3. The second-order valence-electron chi connectivity index (χ2n) is 12.4. The fourth-order valence-electron chi connectivity index (χ4n) is 7.43. The summed E-state index contributed by atoms with van der Waals surface area (Å²) in [5.41, 5.74) is 9.30. The van der Waals surface area contributed by atoms with Crippen molar-refractivity contribution in [1.29, 1.82) is 0 Å². The Balaban J connectivity index is 1.17. The first-order valence-corrected chi connectivity index (χ1v) is 16.6. The van der Waals surface area contributed by atoms with E-state index in [4.69, 9.17) is 9.40 Å². The van der Waals surface area contributed by atoms with Crippen LogP contribution in [0.2, 0.25) is 0 Å². The van der Waals surface area contributed by atoms with Crippen molar-refractivity contribution in [1.82, 2.24) is 9.55 Å². The SMILES string of the molecule is c1ccc(N(c2ccc(-c3nc4c5ccccc5c5ccccc5c4o3)cc2)c2cccc3c4ccccc4n(-c4ccccc4)c23)cc1. The molecule has 0 aliphatic heterocycles. The maximum atomic E-state index is 6.57. The molecule has 10 rings (SSSR count). The summed E-state index contributed by atoms with van der Waals surface area (Å²) in [4.78, 5) is 7.42. The number of aromatic nitrogens is 2. The molecule has 4 nitrogen and oxygen atoms in total. The molecule has 0 aliphatic rings. The van der Waals surface area contributed by atoms with Gasteiger partial charge in [0.15, 0.2) is 5.58 Å². The lowest BCUT2D eigenvalue weighted by Crippen LogP contribution is -2.11. The monoisotopic (exact) mass is 627 g/mol. The summed E-state index contributed by atoms with van der Waals surface area (Å²) in [5.74, 6) is 0.612. The predicted molar refractivity (Wildman–Crippen MR) is 203 cm³/mol. The largest absolute Gasteiger partial charge is 0.435 e. The third kappa shape index (κ3) is 4.28. The second kappa shape index (κ2) is 11.0. The smallest absolute Gasteiger partial charge is 0.227 e. The van der Waals surface area contributed by atoms with Crippen LogP contribution < -0.4 is 4.90 Å². The Morgan fingerprint density at radius 3 is 1.78 bits per heavy atom. The molecule has 10 aromatic rings.